The maximum absolute atomic E-state index is 13.1. The molecule has 0 saturated carbocycles. The molecule has 2 N–H and O–H groups in total. The number of hydrogen-bond acceptors (Lipinski definition) is 0. The number of benzene rings is 3. The highest BCUT2D eigenvalue weighted by molar-refractivity contribution is 5.29. The predicted molar refractivity (Wildman–Crippen MR) is 106 cm³/mol. The van der Waals surface area contributed by atoms with E-state index in [4.69, 9.17) is 0 Å². The third-order valence-corrected chi connectivity index (χ3v) is 5.64. The van der Waals surface area contributed by atoms with Crippen molar-refractivity contribution in [3.63, 3.8) is 0 Å². The Labute approximate surface area is 160 Å². The minimum absolute atomic E-state index is 0.156. The van der Waals surface area contributed by atoms with Gasteiger partial charge in [0.1, 0.15) is 44.6 Å². The van der Waals surface area contributed by atoms with Gasteiger partial charge in [0.2, 0.25) is 0 Å². The van der Waals surface area contributed by atoms with Gasteiger partial charge in [-0.25, -0.2) is 4.39 Å². The van der Waals surface area contributed by atoms with E-state index < -0.39 is 0 Å². The molecule has 138 valence electrons. The molecule has 0 atom stereocenters. The van der Waals surface area contributed by atoms with E-state index in [-0.39, 0.29) is 5.82 Å². The lowest BCUT2D eigenvalue weighted by Crippen LogP contribution is -3.27. The highest BCUT2D eigenvalue weighted by Gasteiger charge is 2.31. The van der Waals surface area contributed by atoms with Gasteiger partial charge < -0.3 is 9.80 Å². The fourth-order valence-corrected chi connectivity index (χ4v) is 4.24. The fraction of sp³-hybridized carbons (Fsp3) is 0.250. The molecule has 0 unspecified atom stereocenters. The first-order valence-corrected chi connectivity index (χ1v) is 9.82. The first-order valence-electron chi connectivity index (χ1n) is 9.82. The average molecular weight is 362 g/mol. The largest absolute Gasteiger partial charge is 0.322 e. The van der Waals surface area contributed by atoms with E-state index in [9.17, 15) is 4.39 Å². The average Bonchev–Trinajstić information content (AvgIpc) is 2.73. The maximum Gasteiger partial charge on any atom is 0.139 e. The molecule has 1 fully saturated rings. The standard InChI is InChI=1S/C24H25FN2/c25-23-13-11-20(12-14-23)19-26-15-17-27(18-16-26)24(21-7-3-1-4-8-21)22-9-5-2-6-10-22/h1-14,24H,15-19H2/p+2. The SMILES string of the molecule is Fc1ccc(C[NH+]2CC[NH+](C(c3ccccc3)c3ccccc3)CC2)cc1. The fourth-order valence-electron chi connectivity index (χ4n) is 4.24. The summed E-state index contributed by atoms with van der Waals surface area (Å²) >= 11 is 0. The van der Waals surface area contributed by atoms with E-state index in [1.54, 1.807) is 21.9 Å². The molecule has 0 radical (unpaired) electrons. The predicted octanol–water partition coefficient (Wildman–Crippen LogP) is 1.90. The van der Waals surface area contributed by atoms with E-state index in [2.05, 4.69) is 60.7 Å². The second-order valence-corrected chi connectivity index (χ2v) is 7.47. The van der Waals surface area contributed by atoms with Crippen LogP contribution in [0.15, 0.2) is 84.9 Å². The molecule has 1 saturated heterocycles. The lowest BCUT2D eigenvalue weighted by atomic mass is 9.96. The van der Waals surface area contributed by atoms with Crippen LogP contribution >= 0.6 is 0 Å². The van der Waals surface area contributed by atoms with Crippen LogP contribution in [-0.2, 0) is 6.54 Å². The third kappa shape index (κ3) is 4.44. The smallest absolute Gasteiger partial charge is 0.139 e. The molecule has 0 amide bonds. The molecule has 27 heavy (non-hydrogen) atoms. The van der Waals surface area contributed by atoms with Crippen molar-refractivity contribution < 1.29 is 14.2 Å². The molecule has 3 heteroatoms. The highest BCUT2D eigenvalue weighted by atomic mass is 19.1. The quantitative estimate of drug-likeness (QED) is 0.686. The van der Waals surface area contributed by atoms with Crippen LogP contribution in [0.5, 0.6) is 0 Å². The maximum atomic E-state index is 13.1. The molecule has 1 aliphatic rings. The summed E-state index contributed by atoms with van der Waals surface area (Å²) < 4.78 is 13.1. The van der Waals surface area contributed by atoms with Crippen molar-refractivity contribution >= 4 is 0 Å². The van der Waals surface area contributed by atoms with Gasteiger partial charge in [0.15, 0.2) is 0 Å². The summed E-state index contributed by atoms with van der Waals surface area (Å²) in [6.07, 6.45) is 0. The molecule has 2 nitrogen and oxygen atoms in total. The van der Waals surface area contributed by atoms with Crippen LogP contribution in [0.25, 0.3) is 0 Å². The molecule has 4 rings (SSSR count). The van der Waals surface area contributed by atoms with E-state index in [1.165, 1.54) is 16.7 Å². The second kappa shape index (κ2) is 8.47. The number of halogens is 1. The lowest BCUT2D eigenvalue weighted by Gasteiger charge is -2.35. The van der Waals surface area contributed by atoms with Crippen LogP contribution < -0.4 is 9.80 Å². The normalized spacial score (nSPS) is 19.9. The van der Waals surface area contributed by atoms with Crippen molar-refractivity contribution in [1.29, 1.82) is 0 Å². The third-order valence-electron chi connectivity index (χ3n) is 5.64. The van der Waals surface area contributed by atoms with Gasteiger partial charge in [0.05, 0.1) is 0 Å². The zero-order chi connectivity index (χ0) is 18.5. The van der Waals surface area contributed by atoms with Crippen LogP contribution in [0.4, 0.5) is 4.39 Å². The van der Waals surface area contributed by atoms with Crippen molar-refractivity contribution in [2.75, 3.05) is 26.2 Å². The minimum atomic E-state index is -0.156. The van der Waals surface area contributed by atoms with E-state index in [0.717, 1.165) is 32.7 Å². The molecular weight excluding hydrogens is 335 g/mol. The van der Waals surface area contributed by atoms with Crippen LogP contribution in [0, 0.1) is 5.82 Å². The van der Waals surface area contributed by atoms with Gasteiger partial charge in [-0.3, -0.25) is 0 Å². The van der Waals surface area contributed by atoms with Crippen molar-refractivity contribution in [2.24, 2.45) is 0 Å². The van der Waals surface area contributed by atoms with Gasteiger partial charge in [-0.15, -0.1) is 0 Å². The van der Waals surface area contributed by atoms with Crippen molar-refractivity contribution in [3.8, 4) is 0 Å². The molecule has 0 aliphatic carbocycles. The van der Waals surface area contributed by atoms with E-state index in [1.807, 2.05) is 12.1 Å². The molecule has 1 heterocycles. The van der Waals surface area contributed by atoms with Crippen molar-refractivity contribution in [3.05, 3.63) is 107 Å². The number of rotatable bonds is 5. The van der Waals surface area contributed by atoms with Crippen LogP contribution in [-0.4, -0.2) is 26.2 Å². The van der Waals surface area contributed by atoms with Gasteiger partial charge in [-0.2, -0.15) is 0 Å². The summed E-state index contributed by atoms with van der Waals surface area (Å²) in [7, 11) is 0. The number of piperazine rings is 1. The molecule has 3 aromatic carbocycles. The summed E-state index contributed by atoms with van der Waals surface area (Å²) in [5.41, 5.74) is 4.00. The monoisotopic (exact) mass is 362 g/mol. The molecule has 0 aromatic heterocycles. The Bertz CT molecular complexity index is 786. The molecule has 0 spiro atoms. The Kier molecular flexibility index (Phi) is 5.61. The Morgan fingerprint density at radius 3 is 1.70 bits per heavy atom. The number of quaternary nitrogens is 2. The summed E-state index contributed by atoms with van der Waals surface area (Å²) in [6.45, 7) is 5.55. The molecule has 0 bridgehead atoms. The van der Waals surface area contributed by atoms with E-state index >= 15 is 0 Å². The van der Waals surface area contributed by atoms with Crippen LogP contribution in [0.2, 0.25) is 0 Å². The Balaban J connectivity index is 1.46. The summed E-state index contributed by atoms with van der Waals surface area (Å²) in [5, 5.41) is 0. The Morgan fingerprint density at radius 1 is 0.667 bits per heavy atom. The Morgan fingerprint density at radius 2 is 1.19 bits per heavy atom. The van der Waals surface area contributed by atoms with Gasteiger partial charge >= 0.3 is 0 Å². The van der Waals surface area contributed by atoms with Crippen molar-refractivity contribution in [2.45, 2.75) is 12.6 Å². The summed E-state index contributed by atoms with van der Waals surface area (Å²) in [6, 6.07) is 29.1. The zero-order valence-corrected chi connectivity index (χ0v) is 15.6. The van der Waals surface area contributed by atoms with Crippen LogP contribution in [0.1, 0.15) is 22.7 Å². The van der Waals surface area contributed by atoms with Crippen LogP contribution in [0.3, 0.4) is 0 Å². The highest BCUT2D eigenvalue weighted by Crippen LogP contribution is 2.18. The second-order valence-electron chi connectivity index (χ2n) is 7.47. The topological polar surface area (TPSA) is 8.88 Å². The summed E-state index contributed by atoms with van der Waals surface area (Å²) in [4.78, 5) is 3.22. The number of hydrogen-bond donors (Lipinski definition) is 2. The lowest BCUT2D eigenvalue weighted by molar-refractivity contribution is -1.03. The van der Waals surface area contributed by atoms with Gasteiger partial charge in [-0.05, 0) is 12.1 Å². The molecule has 1 aliphatic heterocycles. The first-order chi connectivity index (χ1) is 13.3. The summed E-state index contributed by atoms with van der Waals surface area (Å²) in [5.74, 6) is -0.156. The Hall–Kier alpha value is -2.49. The first kappa shape index (κ1) is 17.9. The van der Waals surface area contributed by atoms with Gasteiger partial charge in [0, 0.05) is 16.7 Å². The van der Waals surface area contributed by atoms with Gasteiger partial charge in [-0.1, -0.05) is 72.8 Å². The van der Waals surface area contributed by atoms with E-state index in [0.29, 0.717) is 6.04 Å². The van der Waals surface area contributed by atoms with Gasteiger partial charge in [0.25, 0.3) is 0 Å². The molecular formula is C24H27FN2+2. The molecule has 3 aromatic rings. The van der Waals surface area contributed by atoms with Crippen molar-refractivity contribution in [1.82, 2.24) is 0 Å². The zero-order valence-electron chi connectivity index (χ0n) is 15.6. The minimum Gasteiger partial charge on any atom is -0.322 e. The number of nitrogens with one attached hydrogen (secondary N) is 2.